The lowest BCUT2D eigenvalue weighted by Gasteiger charge is -2.09. The van der Waals surface area contributed by atoms with Crippen LogP contribution in [0.15, 0.2) is 72.9 Å². The molecule has 4 nitrogen and oxygen atoms in total. The van der Waals surface area contributed by atoms with Gasteiger partial charge in [0.1, 0.15) is 11.5 Å². The van der Waals surface area contributed by atoms with Gasteiger partial charge in [0.25, 0.3) is 0 Å². The molecule has 0 atom stereocenters. The van der Waals surface area contributed by atoms with Gasteiger partial charge in [0.2, 0.25) is 5.82 Å². The predicted octanol–water partition coefficient (Wildman–Crippen LogP) is 5.21. The molecule has 0 fully saturated rings. The minimum atomic E-state index is -4.57. The normalized spacial score (nSPS) is 11.7. The highest BCUT2D eigenvalue weighted by Crippen LogP contribution is 2.31. The van der Waals surface area contributed by atoms with Gasteiger partial charge in [0.15, 0.2) is 5.65 Å². The lowest BCUT2D eigenvalue weighted by Crippen LogP contribution is -2.10. The van der Waals surface area contributed by atoms with Crippen LogP contribution in [0.4, 0.5) is 13.2 Å². The van der Waals surface area contributed by atoms with Crippen LogP contribution in [0.2, 0.25) is 0 Å². The maximum Gasteiger partial charge on any atom is 0.452 e. The summed E-state index contributed by atoms with van der Waals surface area (Å²) in [5.41, 5.74) is 1.46. The SMILES string of the molecule is FC(F)(F)c1nnc2ccc(-c3cccc(Oc4ccccc4)c3)cn12. The number of pyridine rings is 1. The summed E-state index contributed by atoms with van der Waals surface area (Å²) in [7, 11) is 0. The molecule has 0 spiro atoms. The summed E-state index contributed by atoms with van der Waals surface area (Å²) in [6, 6.07) is 19.6. The second-order valence-electron chi connectivity index (χ2n) is 5.61. The van der Waals surface area contributed by atoms with Gasteiger partial charge < -0.3 is 4.74 Å². The molecule has 0 radical (unpaired) electrons. The van der Waals surface area contributed by atoms with Gasteiger partial charge >= 0.3 is 6.18 Å². The molecule has 0 saturated carbocycles. The Morgan fingerprint density at radius 3 is 2.31 bits per heavy atom. The number of hydrogen-bond acceptors (Lipinski definition) is 3. The summed E-state index contributed by atoms with van der Waals surface area (Å²) >= 11 is 0. The summed E-state index contributed by atoms with van der Waals surface area (Å²) in [6.45, 7) is 0. The van der Waals surface area contributed by atoms with E-state index in [0.29, 0.717) is 17.1 Å². The van der Waals surface area contributed by atoms with Crippen LogP contribution in [0.25, 0.3) is 16.8 Å². The van der Waals surface area contributed by atoms with Crippen molar-refractivity contribution >= 4 is 5.65 Å². The molecule has 130 valence electrons. The van der Waals surface area contributed by atoms with Crippen LogP contribution in [0.1, 0.15) is 5.82 Å². The van der Waals surface area contributed by atoms with Gasteiger partial charge in [-0.05, 0) is 47.5 Å². The highest BCUT2D eigenvalue weighted by molar-refractivity contribution is 5.66. The maximum absolute atomic E-state index is 13.0. The number of fused-ring (bicyclic) bond motifs is 1. The van der Waals surface area contributed by atoms with Crippen LogP contribution in [0, 0.1) is 0 Å². The van der Waals surface area contributed by atoms with Crippen LogP contribution in [-0.4, -0.2) is 14.6 Å². The molecule has 4 rings (SSSR count). The maximum atomic E-state index is 13.0. The number of aromatic nitrogens is 3. The standard InChI is InChI=1S/C19H12F3N3O/c20-19(21,22)18-24-23-17-10-9-14(12-25(17)18)13-5-4-8-16(11-13)26-15-6-2-1-3-7-15/h1-12H. The second-order valence-corrected chi connectivity index (χ2v) is 5.61. The first-order chi connectivity index (χ1) is 12.5. The van der Waals surface area contributed by atoms with E-state index in [1.807, 2.05) is 30.3 Å². The first kappa shape index (κ1) is 16.1. The molecule has 0 amide bonds. The summed E-state index contributed by atoms with van der Waals surface area (Å²) in [4.78, 5) is 0. The van der Waals surface area contributed by atoms with Crippen molar-refractivity contribution in [2.75, 3.05) is 0 Å². The van der Waals surface area contributed by atoms with E-state index in [1.54, 1.807) is 30.3 Å². The van der Waals surface area contributed by atoms with Crippen molar-refractivity contribution < 1.29 is 17.9 Å². The highest BCUT2D eigenvalue weighted by Gasteiger charge is 2.36. The molecule has 26 heavy (non-hydrogen) atoms. The van der Waals surface area contributed by atoms with Crippen LogP contribution in [-0.2, 0) is 6.18 Å². The molecule has 0 aliphatic rings. The number of rotatable bonds is 3. The van der Waals surface area contributed by atoms with E-state index in [9.17, 15) is 13.2 Å². The number of nitrogens with zero attached hydrogens (tertiary/aromatic N) is 3. The molecular weight excluding hydrogens is 343 g/mol. The highest BCUT2D eigenvalue weighted by atomic mass is 19.4. The number of hydrogen-bond donors (Lipinski definition) is 0. The lowest BCUT2D eigenvalue weighted by atomic mass is 10.1. The van der Waals surface area contributed by atoms with Gasteiger partial charge in [0, 0.05) is 6.20 Å². The van der Waals surface area contributed by atoms with Crippen molar-refractivity contribution in [1.29, 1.82) is 0 Å². The molecule has 0 N–H and O–H groups in total. The Hall–Kier alpha value is -3.35. The fraction of sp³-hybridized carbons (Fsp3) is 0.0526. The molecule has 0 aliphatic carbocycles. The zero-order valence-corrected chi connectivity index (χ0v) is 13.3. The average Bonchev–Trinajstić information content (AvgIpc) is 3.06. The van der Waals surface area contributed by atoms with E-state index < -0.39 is 12.0 Å². The lowest BCUT2D eigenvalue weighted by molar-refractivity contribution is -0.145. The number of ether oxygens (including phenoxy) is 1. The molecule has 0 unspecified atom stereocenters. The average molecular weight is 355 g/mol. The van der Waals surface area contributed by atoms with Crippen LogP contribution >= 0.6 is 0 Å². The zero-order valence-electron chi connectivity index (χ0n) is 13.3. The molecule has 4 aromatic rings. The zero-order chi connectivity index (χ0) is 18.1. The third kappa shape index (κ3) is 3.11. The predicted molar refractivity (Wildman–Crippen MR) is 89.9 cm³/mol. The Labute approximate surface area is 146 Å². The second kappa shape index (κ2) is 6.18. The first-order valence-electron chi connectivity index (χ1n) is 7.76. The molecule has 2 heterocycles. The summed E-state index contributed by atoms with van der Waals surface area (Å²) < 4.78 is 45.9. The van der Waals surface area contributed by atoms with E-state index in [0.717, 1.165) is 9.96 Å². The van der Waals surface area contributed by atoms with Crippen molar-refractivity contribution in [2.24, 2.45) is 0 Å². The Bertz CT molecular complexity index is 1060. The van der Waals surface area contributed by atoms with E-state index in [1.165, 1.54) is 12.3 Å². The molecule has 0 aliphatic heterocycles. The summed E-state index contributed by atoms with van der Waals surface area (Å²) in [6.07, 6.45) is -3.20. The minimum absolute atomic E-state index is 0.137. The molecule has 2 aromatic carbocycles. The Kier molecular flexibility index (Phi) is 3.84. The van der Waals surface area contributed by atoms with E-state index in [4.69, 9.17) is 4.74 Å². The topological polar surface area (TPSA) is 39.4 Å². The Balaban J connectivity index is 1.72. The number of halogens is 3. The number of alkyl halides is 3. The molecule has 2 aromatic heterocycles. The first-order valence-corrected chi connectivity index (χ1v) is 7.76. The molecular formula is C19H12F3N3O. The van der Waals surface area contributed by atoms with Crippen molar-refractivity contribution in [3.8, 4) is 22.6 Å². The largest absolute Gasteiger partial charge is 0.457 e. The smallest absolute Gasteiger partial charge is 0.452 e. The van der Waals surface area contributed by atoms with Crippen molar-refractivity contribution in [1.82, 2.24) is 14.6 Å². The van der Waals surface area contributed by atoms with Crippen LogP contribution in [0.3, 0.4) is 0 Å². The van der Waals surface area contributed by atoms with Gasteiger partial charge in [-0.15, -0.1) is 10.2 Å². The molecule has 0 saturated heterocycles. The Morgan fingerprint density at radius 1 is 0.769 bits per heavy atom. The van der Waals surface area contributed by atoms with Gasteiger partial charge in [-0.25, -0.2) is 0 Å². The Morgan fingerprint density at radius 2 is 1.54 bits per heavy atom. The minimum Gasteiger partial charge on any atom is -0.457 e. The third-order valence-corrected chi connectivity index (χ3v) is 3.80. The van der Waals surface area contributed by atoms with Gasteiger partial charge in [-0.2, -0.15) is 13.2 Å². The van der Waals surface area contributed by atoms with Gasteiger partial charge in [-0.3, -0.25) is 4.40 Å². The number of para-hydroxylation sites is 1. The monoisotopic (exact) mass is 355 g/mol. The van der Waals surface area contributed by atoms with Crippen LogP contribution in [0.5, 0.6) is 11.5 Å². The van der Waals surface area contributed by atoms with E-state index >= 15 is 0 Å². The van der Waals surface area contributed by atoms with Crippen molar-refractivity contribution in [2.45, 2.75) is 6.18 Å². The van der Waals surface area contributed by atoms with Crippen molar-refractivity contribution in [3.63, 3.8) is 0 Å². The molecule has 7 heteroatoms. The summed E-state index contributed by atoms with van der Waals surface area (Å²) in [5.74, 6) is 0.220. The van der Waals surface area contributed by atoms with Gasteiger partial charge in [-0.1, -0.05) is 30.3 Å². The van der Waals surface area contributed by atoms with Crippen LogP contribution < -0.4 is 4.74 Å². The summed E-state index contributed by atoms with van der Waals surface area (Å²) in [5, 5.41) is 6.80. The van der Waals surface area contributed by atoms with Crippen molar-refractivity contribution in [3.05, 3.63) is 78.8 Å². The number of benzene rings is 2. The third-order valence-electron chi connectivity index (χ3n) is 3.80. The van der Waals surface area contributed by atoms with E-state index in [-0.39, 0.29) is 5.65 Å². The van der Waals surface area contributed by atoms with E-state index in [2.05, 4.69) is 10.2 Å². The van der Waals surface area contributed by atoms with Gasteiger partial charge in [0.05, 0.1) is 0 Å². The quantitative estimate of drug-likeness (QED) is 0.507. The fourth-order valence-electron chi connectivity index (χ4n) is 2.62. The fourth-order valence-corrected chi connectivity index (χ4v) is 2.62. The molecule has 0 bridgehead atoms.